The summed E-state index contributed by atoms with van der Waals surface area (Å²) < 4.78 is 0. The summed E-state index contributed by atoms with van der Waals surface area (Å²) in [6.07, 6.45) is 6.79. The van der Waals surface area contributed by atoms with Crippen molar-refractivity contribution in [3.8, 4) is 0 Å². The van der Waals surface area contributed by atoms with Gasteiger partial charge in [-0.2, -0.15) is 0 Å². The maximum atomic E-state index is 11.1. The molecule has 2 aromatic rings. The molecule has 0 spiro atoms. The van der Waals surface area contributed by atoms with Gasteiger partial charge in [0, 0.05) is 23.9 Å². The Balaban J connectivity index is 1.88. The molecule has 2 nitrogen and oxygen atoms in total. The number of benzene rings is 1. The minimum Gasteiger partial charge on any atom is -0.389 e. The van der Waals surface area contributed by atoms with Crippen LogP contribution in [-0.2, 0) is 6.42 Å². The Hall–Kier alpha value is -1.19. The average molecular weight is 273 g/mol. The Labute approximate surface area is 118 Å². The molecule has 1 aromatic carbocycles. The van der Waals surface area contributed by atoms with Crippen molar-refractivity contribution in [1.82, 2.24) is 4.98 Å². The van der Waals surface area contributed by atoms with E-state index in [2.05, 4.69) is 29.2 Å². The molecule has 0 bridgehead atoms. The van der Waals surface area contributed by atoms with Gasteiger partial charge in [0.1, 0.15) is 0 Å². The minimum atomic E-state index is -0.628. The molecule has 1 aromatic heterocycles. The molecule has 1 aliphatic rings. The SMILES string of the molecule is OC1(Cc2nccs2)CCCCC1c1ccccc1. The lowest BCUT2D eigenvalue weighted by atomic mass is 9.70. The van der Waals surface area contributed by atoms with Gasteiger partial charge in [-0.15, -0.1) is 11.3 Å². The van der Waals surface area contributed by atoms with Crippen LogP contribution >= 0.6 is 11.3 Å². The summed E-state index contributed by atoms with van der Waals surface area (Å²) in [5.74, 6) is 0.242. The van der Waals surface area contributed by atoms with E-state index in [-0.39, 0.29) is 5.92 Å². The number of aromatic nitrogens is 1. The summed E-state index contributed by atoms with van der Waals surface area (Å²) in [6.45, 7) is 0. The molecule has 2 unspecified atom stereocenters. The van der Waals surface area contributed by atoms with Gasteiger partial charge in [0.05, 0.1) is 10.6 Å². The summed E-state index contributed by atoms with van der Waals surface area (Å²) in [5, 5.41) is 14.2. The van der Waals surface area contributed by atoms with E-state index in [1.54, 1.807) is 11.3 Å². The zero-order chi connectivity index (χ0) is 13.1. The molecule has 1 saturated carbocycles. The van der Waals surface area contributed by atoms with Crippen LogP contribution < -0.4 is 0 Å². The van der Waals surface area contributed by atoms with E-state index >= 15 is 0 Å². The summed E-state index contributed by atoms with van der Waals surface area (Å²) in [4.78, 5) is 4.34. The van der Waals surface area contributed by atoms with Crippen molar-refractivity contribution in [3.05, 3.63) is 52.5 Å². The van der Waals surface area contributed by atoms with E-state index in [9.17, 15) is 5.11 Å². The molecule has 3 heteroatoms. The molecule has 1 fully saturated rings. The number of aliphatic hydroxyl groups is 1. The molecule has 1 aliphatic carbocycles. The molecule has 1 N–H and O–H groups in total. The van der Waals surface area contributed by atoms with Gasteiger partial charge in [-0.3, -0.25) is 0 Å². The van der Waals surface area contributed by atoms with Crippen LogP contribution in [0.4, 0.5) is 0 Å². The quantitative estimate of drug-likeness (QED) is 0.923. The Bertz CT molecular complexity index is 511. The molecule has 1 heterocycles. The van der Waals surface area contributed by atoms with E-state index in [0.717, 1.165) is 24.3 Å². The van der Waals surface area contributed by atoms with Crippen molar-refractivity contribution in [2.75, 3.05) is 0 Å². The summed E-state index contributed by atoms with van der Waals surface area (Å²) in [7, 11) is 0. The molecule has 0 radical (unpaired) electrons. The molecule has 0 aliphatic heterocycles. The molecule has 19 heavy (non-hydrogen) atoms. The summed E-state index contributed by atoms with van der Waals surface area (Å²) in [6, 6.07) is 10.4. The Morgan fingerprint density at radius 1 is 1.26 bits per heavy atom. The largest absolute Gasteiger partial charge is 0.389 e. The van der Waals surface area contributed by atoms with Crippen LogP contribution in [-0.4, -0.2) is 15.7 Å². The predicted octanol–water partition coefficient (Wildman–Crippen LogP) is 3.77. The van der Waals surface area contributed by atoms with Gasteiger partial charge in [-0.05, 0) is 18.4 Å². The molecule has 0 saturated heterocycles. The number of rotatable bonds is 3. The van der Waals surface area contributed by atoms with Crippen LogP contribution in [0.25, 0.3) is 0 Å². The second-order valence-electron chi connectivity index (χ2n) is 5.42. The fourth-order valence-corrected chi connectivity index (χ4v) is 3.93. The van der Waals surface area contributed by atoms with Crippen molar-refractivity contribution < 1.29 is 5.11 Å². The zero-order valence-electron chi connectivity index (χ0n) is 11.0. The maximum absolute atomic E-state index is 11.1. The van der Waals surface area contributed by atoms with E-state index in [0.29, 0.717) is 6.42 Å². The first-order valence-electron chi connectivity index (χ1n) is 6.94. The highest BCUT2D eigenvalue weighted by Gasteiger charge is 2.40. The van der Waals surface area contributed by atoms with Crippen molar-refractivity contribution in [2.24, 2.45) is 0 Å². The summed E-state index contributed by atoms with van der Waals surface area (Å²) >= 11 is 1.64. The smallest absolute Gasteiger partial charge is 0.0953 e. The van der Waals surface area contributed by atoms with Crippen LogP contribution in [0.15, 0.2) is 41.9 Å². The Kier molecular flexibility index (Phi) is 3.67. The molecular formula is C16H19NOS. The zero-order valence-corrected chi connectivity index (χ0v) is 11.8. The monoisotopic (exact) mass is 273 g/mol. The van der Waals surface area contributed by atoms with Crippen molar-refractivity contribution >= 4 is 11.3 Å². The van der Waals surface area contributed by atoms with Crippen molar-refractivity contribution in [2.45, 2.75) is 43.6 Å². The third kappa shape index (κ3) is 2.72. The third-order valence-corrected chi connectivity index (χ3v) is 4.92. The lowest BCUT2D eigenvalue weighted by Gasteiger charge is -2.40. The fourth-order valence-electron chi connectivity index (χ4n) is 3.20. The van der Waals surface area contributed by atoms with Crippen LogP contribution in [0.3, 0.4) is 0 Å². The van der Waals surface area contributed by atoms with Gasteiger partial charge in [-0.1, -0.05) is 43.2 Å². The molecule has 0 amide bonds. The number of nitrogens with zero attached hydrogens (tertiary/aromatic N) is 1. The lowest BCUT2D eigenvalue weighted by Crippen LogP contribution is -2.41. The van der Waals surface area contributed by atoms with Gasteiger partial charge in [0.2, 0.25) is 0 Å². The first kappa shape index (κ1) is 12.8. The van der Waals surface area contributed by atoms with Gasteiger partial charge in [0.15, 0.2) is 0 Å². The average Bonchev–Trinajstić information content (AvgIpc) is 2.92. The highest BCUT2D eigenvalue weighted by molar-refractivity contribution is 7.09. The third-order valence-electron chi connectivity index (χ3n) is 4.14. The van der Waals surface area contributed by atoms with Gasteiger partial charge in [-0.25, -0.2) is 4.98 Å². The second-order valence-corrected chi connectivity index (χ2v) is 6.39. The van der Waals surface area contributed by atoms with E-state index in [1.807, 2.05) is 17.6 Å². The number of hydrogen-bond donors (Lipinski definition) is 1. The van der Waals surface area contributed by atoms with Gasteiger partial charge in [0.25, 0.3) is 0 Å². The Morgan fingerprint density at radius 3 is 2.84 bits per heavy atom. The first-order valence-corrected chi connectivity index (χ1v) is 7.82. The van der Waals surface area contributed by atoms with Gasteiger partial charge >= 0.3 is 0 Å². The first-order chi connectivity index (χ1) is 9.28. The second kappa shape index (κ2) is 5.43. The molecule has 2 atom stereocenters. The fraction of sp³-hybridized carbons (Fsp3) is 0.438. The molecule has 100 valence electrons. The Morgan fingerprint density at radius 2 is 2.11 bits per heavy atom. The topological polar surface area (TPSA) is 33.1 Å². The van der Waals surface area contributed by atoms with Gasteiger partial charge < -0.3 is 5.11 Å². The minimum absolute atomic E-state index is 0.242. The highest BCUT2D eigenvalue weighted by Crippen LogP contribution is 2.42. The molecule has 3 rings (SSSR count). The van der Waals surface area contributed by atoms with E-state index in [4.69, 9.17) is 0 Å². The predicted molar refractivity (Wildman–Crippen MR) is 78.4 cm³/mol. The van der Waals surface area contributed by atoms with Crippen molar-refractivity contribution in [1.29, 1.82) is 0 Å². The van der Waals surface area contributed by atoms with Crippen LogP contribution in [0.2, 0.25) is 0 Å². The van der Waals surface area contributed by atoms with Crippen molar-refractivity contribution in [3.63, 3.8) is 0 Å². The van der Waals surface area contributed by atoms with Crippen LogP contribution in [0.1, 0.15) is 42.2 Å². The normalized spacial score (nSPS) is 27.3. The standard InChI is InChI=1S/C16H19NOS/c18-16(12-15-17-10-11-19-15)9-5-4-8-14(16)13-6-2-1-3-7-13/h1-3,6-7,10-11,14,18H,4-5,8-9,12H2. The van der Waals surface area contributed by atoms with E-state index in [1.165, 1.54) is 12.0 Å². The van der Waals surface area contributed by atoms with Crippen LogP contribution in [0.5, 0.6) is 0 Å². The number of hydrogen-bond acceptors (Lipinski definition) is 3. The maximum Gasteiger partial charge on any atom is 0.0953 e. The summed E-state index contributed by atoms with van der Waals surface area (Å²) in [5.41, 5.74) is 0.638. The lowest BCUT2D eigenvalue weighted by molar-refractivity contribution is -0.0167. The van der Waals surface area contributed by atoms with E-state index < -0.39 is 5.60 Å². The van der Waals surface area contributed by atoms with Crippen LogP contribution in [0, 0.1) is 0 Å². The molecular weight excluding hydrogens is 254 g/mol. The number of thiazole rings is 1. The highest BCUT2D eigenvalue weighted by atomic mass is 32.1.